The number of carbonyl (C=O) groups is 1. The molecule has 6 heteroatoms. The molecule has 0 radical (unpaired) electrons. The Morgan fingerprint density at radius 2 is 1.76 bits per heavy atom. The standard InChI is InChI=1S/C28H31N3O2S/c1-6-33-27(32)24-16-34-26(31-24)19-11-12-22-20(13-19)25(18-9-7-17(2)8-10-18)21(15-29)23(30-22)14-28(3,4)5/h7-13,16H,6,14-15,29H2,1-5H3. The van der Waals surface area contributed by atoms with Gasteiger partial charge in [0, 0.05) is 28.6 Å². The quantitative estimate of drug-likeness (QED) is 0.321. The smallest absolute Gasteiger partial charge is 0.357 e. The third-order valence-electron chi connectivity index (χ3n) is 5.65. The largest absolute Gasteiger partial charge is 0.461 e. The van der Waals surface area contributed by atoms with Gasteiger partial charge in [-0.25, -0.2) is 9.78 Å². The Labute approximate surface area is 205 Å². The summed E-state index contributed by atoms with van der Waals surface area (Å²) >= 11 is 1.43. The fourth-order valence-corrected chi connectivity index (χ4v) is 4.90. The molecular formula is C28H31N3O2S. The van der Waals surface area contributed by atoms with Crippen molar-refractivity contribution in [3.8, 4) is 21.7 Å². The molecule has 34 heavy (non-hydrogen) atoms. The van der Waals surface area contributed by atoms with E-state index in [1.54, 1.807) is 12.3 Å². The van der Waals surface area contributed by atoms with Crippen LogP contribution in [0.3, 0.4) is 0 Å². The summed E-state index contributed by atoms with van der Waals surface area (Å²) in [6.45, 7) is 11.3. The maximum absolute atomic E-state index is 12.1. The molecule has 2 aromatic carbocycles. The van der Waals surface area contributed by atoms with Gasteiger partial charge in [-0.3, -0.25) is 4.98 Å². The average molecular weight is 474 g/mol. The molecule has 0 spiro atoms. The van der Waals surface area contributed by atoms with Crippen LogP contribution in [0, 0.1) is 12.3 Å². The molecule has 2 N–H and O–H groups in total. The second kappa shape index (κ2) is 9.65. The minimum atomic E-state index is -0.398. The minimum absolute atomic E-state index is 0.0828. The van der Waals surface area contributed by atoms with Crippen molar-refractivity contribution in [3.05, 3.63) is 70.4 Å². The lowest BCUT2D eigenvalue weighted by atomic mass is 9.85. The van der Waals surface area contributed by atoms with Crippen molar-refractivity contribution in [2.45, 2.75) is 47.6 Å². The van der Waals surface area contributed by atoms with E-state index in [-0.39, 0.29) is 5.41 Å². The summed E-state index contributed by atoms with van der Waals surface area (Å²) in [6.07, 6.45) is 0.839. The molecule has 0 fully saturated rings. The molecule has 0 saturated carbocycles. The number of esters is 1. The summed E-state index contributed by atoms with van der Waals surface area (Å²) in [7, 11) is 0. The molecule has 0 aliphatic rings. The van der Waals surface area contributed by atoms with E-state index >= 15 is 0 Å². The first-order valence-electron chi connectivity index (χ1n) is 11.6. The number of hydrogen-bond donors (Lipinski definition) is 1. The Bertz CT molecular complexity index is 1330. The van der Waals surface area contributed by atoms with Gasteiger partial charge in [-0.15, -0.1) is 11.3 Å². The SMILES string of the molecule is CCOC(=O)c1csc(-c2ccc3nc(CC(C)(C)C)c(CN)c(-c4ccc(C)cc4)c3c2)n1. The normalized spacial score (nSPS) is 11.7. The predicted molar refractivity (Wildman–Crippen MR) is 140 cm³/mol. The number of rotatable bonds is 6. The number of benzene rings is 2. The summed E-state index contributed by atoms with van der Waals surface area (Å²) in [4.78, 5) is 21.7. The molecule has 0 amide bonds. The van der Waals surface area contributed by atoms with Gasteiger partial charge in [0.1, 0.15) is 5.01 Å². The Balaban J connectivity index is 1.93. The van der Waals surface area contributed by atoms with Gasteiger partial charge in [-0.05, 0) is 60.6 Å². The van der Waals surface area contributed by atoms with Crippen LogP contribution >= 0.6 is 11.3 Å². The van der Waals surface area contributed by atoms with Crippen LogP contribution in [0.25, 0.3) is 32.6 Å². The molecular weight excluding hydrogens is 442 g/mol. The van der Waals surface area contributed by atoms with Gasteiger partial charge in [-0.1, -0.05) is 50.6 Å². The van der Waals surface area contributed by atoms with Crippen molar-refractivity contribution >= 4 is 28.2 Å². The molecule has 0 aliphatic carbocycles. The van der Waals surface area contributed by atoms with Gasteiger partial charge in [-0.2, -0.15) is 0 Å². The van der Waals surface area contributed by atoms with Crippen molar-refractivity contribution in [3.63, 3.8) is 0 Å². The molecule has 0 bridgehead atoms. The Morgan fingerprint density at radius 1 is 1.06 bits per heavy atom. The highest BCUT2D eigenvalue weighted by atomic mass is 32.1. The van der Waals surface area contributed by atoms with E-state index < -0.39 is 5.97 Å². The van der Waals surface area contributed by atoms with Gasteiger partial charge < -0.3 is 10.5 Å². The predicted octanol–water partition coefficient (Wildman–Crippen LogP) is 6.56. The maximum Gasteiger partial charge on any atom is 0.357 e. The van der Waals surface area contributed by atoms with Crippen LogP contribution in [-0.4, -0.2) is 22.5 Å². The monoisotopic (exact) mass is 473 g/mol. The van der Waals surface area contributed by atoms with E-state index in [2.05, 4.69) is 63.0 Å². The van der Waals surface area contributed by atoms with E-state index in [9.17, 15) is 4.79 Å². The van der Waals surface area contributed by atoms with E-state index in [1.807, 2.05) is 12.1 Å². The molecule has 4 aromatic rings. The third kappa shape index (κ3) is 5.03. The molecule has 2 aromatic heterocycles. The van der Waals surface area contributed by atoms with Crippen LogP contribution in [0.15, 0.2) is 47.8 Å². The highest BCUT2D eigenvalue weighted by Crippen LogP contribution is 2.37. The third-order valence-corrected chi connectivity index (χ3v) is 6.54. The summed E-state index contributed by atoms with van der Waals surface area (Å²) in [5.74, 6) is -0.398. The average Bonchev–Trinajstić information content (AvgIpc) is 3.28. The van der Waals surface area contributed by atoms with Crippen molar-refractivity contribution in [1.82, 2.24) is 9.97 Å². The van der Waals surface area contributed by atoms with Crippen LogP contribution in [0.2, 0.25) is 0 Å². The molecule has 0 aliphatic heterocycles. The van der Waals surface area contributed by atoms with Gasteiger partial charge in [0.2, 0.25) is 0 Å². The summed E-state index contributed by atoms with van der Waals surface area (Å²) < 4.78 is 5.10. The zero-order chi connectivity index (χ0) is 24.5. The number of thiazole rings is 1. The van der Waals surface area contributed by atoms with Crippen LogP contribution in [0.1, 0.15) is 55.0 Å². The van der Waals surface area contributed by atoms with Gasteiger partial charge in [0.25, 0.3) is 0 Å². The van der Waals surface area contributed by atoms with Crippen LogP contribution in [-0.2, 0) is 17.7 Å². The molecule has 4 rings (SSSR count). The first-order valence-corrected chi connectivity index (χ1v) is 12.4. The molecule has 5 nitrogen and oxygen atoms in total. The number of ether oxygens (including phenoxy) is 1. The van der Waals surface area contributed by atoms with Crippen molar-refractivity contribution in [1.29, 1.82) is 0 Å². The van der Waals surface area contributed by atoms with E-state index in [4.69, 9.17) is 15.5 Å². The molecule has 0 atom stereocenters. The second-order valence-electron chi connectivity index (χ2n) is 9.71. The van der Waals surface area contributed by atoms with Crippen LogP contribution in [0.5, 0.6) is 0 Å². The molecule has 0 unspecified atom stereocenters. The summed E-state index contributed by atoms with van der Waals surface area (Å²) in [5.41, 5.74) is 14.2. The summed E-state index contributed by atoms with van der Waals surface area (Å²) in [5, 5.41) is 3.55. The topological polar surface area (TPSA) is 78.1 Å². The zero-order valence-corrected chi connectivity index (χ0v) is 21.3. The lowest BCUT2D eigenvalue weighted by Crippen LogP contribution is -2.15. The Hall–Kier alpha value is -3.09. The molecule has 0 saturated heterocycles. The first kappa shape index (κ1) is 24.0. The lowest BCUT2D eigenvalue weighted by molar-refractivity contribution is 0.0520. The number of nitrogens with zero attached hydrogens (tertiary/aromatic N) is 2. The number of carbonyl (C=O) groups excluding carboxylic acids is 1. The van der Waals surface area contributed by atoms with Crippen LogP contribution < -0.4 is 5.73 Å². The van der Waals surface area contributed by atoms with Crippen LogP contribution in [0.4, 0.5) is 0 Å². The number of pyridine rings is 1. The first-order chi connectivity index (χ1) is 16.2. The Kier molecular flexibility index (Phi) is 6.82. The minimum Gasteiger partial charge on any atom is -0.461 e. The van der Waals surface area contributed by atoms with Crippen molar-refractivity contribution in [2.24, 2.45) is 11.1 Å². The summed E-state index contributed by atoms with van der Waals surface area (Å²) in [6, 6.07) is 14.7. The van der Waals surface area contributed by atoms with Gasteiger partial charge in [0.15, 0.2) is 5.69 Å². The number of aryl methyl sites for hydroxylation is 1. The molecule has 176 valence electrons. The van der Waals surface area contributed by atoms with E-state index in [1.165, 1.54) is 16.9 Å². The van der Waals surface area contributed by atoms with E-state index in [0.717, 1.165) is 50.3 Å². The highest BCUT2D eigenvalue weighted by Gasteiger charge is 2.21. The lowest BCUT2D eigenvalue weighted by Gasteiger charge is -2.23. The fourth-order valence-electron chi connectivity index (χ4n) is 4.11. The number of hydrogen-bond acceptors (Lipinski definition) is 6. The second-order valence-corrected chi connectivity index (χ2v) is 10.6. The highest BCUT2D eigenvalue weighted by molar-refractivity contribution is 7.13. The number of fused-ring (bicyclic) bond motifs is 1. The number of aromatic nitrogens is 2. The fraction of sp³-hybridized carbons (Fsp3) is 0.321. The Morgan fingerprint density at radius 3 is 2.41 bits per heavy atom. The number of nitrogens with two attached hydrogens (primary N) is 1. The van der Waals surface area contributed by atoms with Crippen molar-refractivity contribution in [2.75, 3.05) is 6.61 Å². The zero-order valence-electron chi connectivity index (χ0n) is 20.4. The maximum atomic E-state index is 12.1. The van der Waals surface area contributed by atoms with Gasteiger partial charge in [0.05, 0.1) is 12.1 Å². The van der Waals surface area contributed by atoms with Gasteiger partial charge >= 0.3 is 5.97 Å². The van der Waals surface area contributed by atoms with E-state index in [0.29, 0.717) is 18.8 Å². The van der Waals surface area contributed by atoms with Crippen molar-refractivity contribution < 1.29 is 9.53 Å². The molecule has 2 heterocycles.